The summed E-state index contributed by atoms with van der Waals surface area (Å²) in [6.45, 7) is 4.62. The van der Waals surface area contributed by atoms with Crippen LogP contribution in [0.5, 0.6) is 0 Å². The first-order valence-electron chi connectivity index (χ1n) is 4.79. The predicted molar refractivity (Wildman–Crippen MR) is 62.7 cm³/mol. The van der Waals surface area contributed by atoms with Gasteiger partial charge in [0.15, 0.2) is 0 Å². The van der Waals surface area contributed by atoms with Crippen LogP contribution in [0.3, 0.4) is 0 Å². The van der Waals surface area contributed by atoms with E-state index in [-0.39, 0.29) is 0 Å². The van der Waals surface area contributed by atoms with Crippen LogP contribution in [0.4, 0.5) is 0 Å². The molecule has 2 aromatic carbocycles. The average Bonchev–Trinajstić information content (AvgIpc) is 2.15. The fourth-order valence-electron chi connectivity index (χ4n) is 1.76. The van der Waals surface area contributed by atoms with E-state index < -0.39 is 0 Å². The first-order valence-corrected chi connectivity index (χ1v) is 6.53. The maximum atomic E-state index is 2.31. The van der Waals surface area contributed by atoms with Crippen LogP contribution >= 0.6 is 0 Å². The molecule has 0 fully saturated rings. The normalized spacial score (nSPS) is 11.9. The van der Waals surface area contributed by atoms with E-state index in [1.54, 1.807) is 0 Å². The first kappa shape index (κ1) is 10.1. The molecule has 0 heterocycles. The molecule has 1 heteroatoms. The Morgan fingerprint density at radius 2 is 1.57 bits per heavy atom. The molecule has 0 amide bonds. The molecule has 0 aliphatic carbocycles. The molecule has 0 unspecified atom stereocenters. The summed E-state index contributed by atoms with van der Waals surface area (Å²) in [5, 5.41) is 2.76. The van der Waals surface area contributed by atoms with E-state index in [2.05, 4.69) is 56.3 Å². The van der Waals surface area contributed by atoms with Crippen molar-refractivity contribution in [2.75, 3.05) is 0 Å². The van der Waals surface area contributed by atoms with E-state index in [1.807, 2.05) is 0 Å². The van der Waals surface area contributed by atoms with Gasteiger partial charge >= 0.3 is 100 Å². The Bertz CT molecular complexity index is 447. The molecule has 70 valence electrons. The van der Waals surface area contributed by atoms with Gasteiger partial charge in [0.1, 0.15) is 0 Å². The fourth-order valence-corrected chi connectivity index (χ4v) is 2.52. The standard InChI is InChI=1S/C13H13.Bi/c1-10(2)12-9-5-7-11-6-3-4-8-13(11)12;/h3-9H,1-2H3;. The van der Waals surface area contributed by atoms with Gasteiger partial charge in [0.05, 0.1) is 0 Å². The molecule has 0 bridgehead atoms. The van der Waals surface area contributed by atoms with Gasteiger partial charge in [-0.2, -0.15) is 0 Å². The number of rotatable bonds is 1. The summed E-state index contributed by atoms with van der Waals surface area (Å²) in [6, 6.07) is 15.2. The fraction of sp³-hybridized carbons (Fsp3) is 0.231. The Morgan fingerprint density at radius 3 is 2.29 bits per heavy atom. The summed E-state index contributed by atoms with van der Waals surface area (Å²) in [4.78, 5) is 0. The van der Waals surface area contributed by atoms with Crippen LogP contribution in [0.15, 0.2) is 42.5 Å². The zero-order chi connectivity index (χ0) is 10.2. The van der Waals surface area contributed by atoms with Crippen LogP contribution in [0.1, 0.15) is 19.4 Å². The SMILES string of the molecule is C[C](C)([Bi])c1cccc2ccccc12. The maximum absolute atomic E-state index is 2.31. The molecule has 0 aliphatic rings. The van der Waals surface area contributed by atoms with Gasteiger partial charge in [0.25, 0.3) is 0 Å². The molecule has 0 saturated heterocycles. The molecule has 0 N–H and O–H groups in total. The van der Waals surface area contributed by atoms with Crippen molar-refractivity contribution in [1.82, 2.24) is 0 Å². The average molecular weight is 378 g/mol. The van der Waals surface area contributed by atoms with Crippen molar-refractivity contribution < 1.29 is 0 Å². The van der Waals surface area contributed by atoms with Gasteiger partial charge in [0.2, 0.25) is 0 Å². The van der Waals surface area contributed by atoms with E-state index in [4.69, 9.17) is 0 Å². The van der Waals surface area contributed by atoms with Crippen LogP contribution in [0.2, 0.25) is 0 Å². The summed E-state index contributed by atoms with van der Waals surface area (Å²) >= 11 is 1.40. The van der Waals surface area contributed by atoms with Crippen molar-refractivity contribution in [3.8, 4) is 0 Å². The molecule has 0 saturated carbocycles. The molecule has 0 aliphatic heterocycles. The second kappa shape index (κ2) is 3.62. The molecule has 2 aromatic rings. The second-order valence-electron chi connectivity index (χ2n) is 4.09. The quantitative estimate of drug-likeness (QED) is 0.669. The minimum atomic E-state index is 0.334. The number of benzene rings is 2. The van der Waals surface area contributed by atoms with Gasteiger partial charge in [-0.05, 0) is 0 Å². The molecular weight excluding hydrogens is 365 g/mol. The van der Waals surface area contributed by atoms with E-state index in [0.29, 0.717) is 3.12 Å². The van der Waals surface area contributed by atoms with E-state index in [9.17, 15) is 0 Å². The summed E-state index contributed by atoms with van der Waals surface area (Å²) in [6.07, 6.45) is 0. The minimum absolute atomic E-state index is 0.334. The second-order valence-corrected chi connectivity index (χ2v) is 8.43. The van der Waals surface area contributed by atoms with Crippen molar-refractivity contribution in [2.45, 2.75) is 17.0 Å². The predicted octanol–water partition coefficient (Wildman–Crippen LogP) is 3.24. The van der Waals surface area contributed by atoms with Crippen LogP contribution in [-0.4, -0.2) is 24.7 Å². The molecule has 0 aromatic heterocycles. The molecule has 0 nitrogen and oxygen atoms in total. The number of fused-ring (bicyclic) bond motifs is 1. The van der Waals surface area contributed by atoms with Gasteiger partial charge in [0, 0.05) is 0 Å². The van der Waals surface area contributed by atoms with Crippen LogP contribution in [-0.2, 0) is 3.12 Å². The van der Waals surface area contributed by atoms with Crippen LogP contribution < -0.4 is 0 Å². The summed E-state index contributed by atoms with van der Waals surface area (Å²) < 4.78 is 0.334. The van der Waals surface area contributed by atoms with Crippen molar-refractivity contribution in [3.63, 3.8) is 0 Å². The van der Waals surface area contributed by atoms with E-state index in [0.717, 1.165) is 0 Å². The van der Waals surface area contributed by atoms with Crippen LogP contribution in [0, 0.1) is 0 Å². The van der Waals surface area contributed by atoms with E-state index in [1.165, 1.54) is 41.1 Å². The van der Waals surface area contributed by atoms with E-state index >= 15 is 0 Å². The molecule has 14 heavy (non-hydrogen) atoms. The molecule has 2 radical (unpaired) electrons. The third-order valence-corrected chi connectivity index (χ3v) is 3.39. The number of hydrogen-bond donors (Lipinski definition) is 0. The summed E-state index contributed by atoms with van der Waals surface area (Å²) in [5.41, 5.74) is 1.48. The number of hydrogen-bond acceptors (Lipinski definition) is 0. The van der Waals surface area contributed by atoms with Gasteiger partial charge in [-0.15, -0.1) is 0 Å². The van der Waals surface area contributed by atoms with Crippen molar-refractivity contribution in [3.05, 3.63) is 48.0 Å². The van der Waals surface area contributed by atoms with Crippen LogP contribution in [0.25, 0.3) is 10.8 Å². The Hall–Kier alpha value is -0.417. The Labute approximate surface area is 100 Å². The van der Waals surface area contributed by atoms with Crippen molar-refractivity contribution >= 4 is 35.5 Å². The van der Waals surface area contributed by atoms with Gasteiger partial charge in [-0.25, -0.2) is 0 Å². The topological polar surface area (TPSA) is 0 Å². The third-order valence-electron chi connectivity index (χ3n) is 2.45. The Morgan fingerprint density at radius 1 is 0.929 bits per heavy atom. The molecule has 2 rings (SSSR count). The zero-order valence-corrected chi connectivity index (χ0v) is 12.0. The van der Waals surface area contributed by atoms with Gasteiger partial charge < -0.3 is 0 Å². The Balaban J connectivity index is 2.78. The first-order chi connectivity index (χ1) is 6.59. The summed E-state index contributed by atoms with van der Waals surface area (Å²) in [7, 11) is 0. The molecule has 0 atom stereocenters. The summed E-state index contributed by atoms with van der Waals surface area (Å²) in [5.74, 6) is 0. The molecule has 0 spiro atoms. The van der Waals surface area contributed by atoms with Gasteiger partial charge in [-0.1, -0.05) is 0 Å². The Kier molecular flexibility index (Phi) is 2.62. The monoisotopic (exact) mass is 378 g/mol. The molecular formula is C13H13Bi. The van der Waals surface area contributed by atoms with Crippen molar-refractivity contribution in [2.24, 2.45) is 0 Å². The zero-order valence-electron chi connectivity index (χ0n) is 8.49. The third kappa shape index (κ3) is 1.84. The van der Waals surface area contributed by atoms with Crippen molar-refractivity contribution in [1.29, 1.82) is 0 Å². The van der Waals surface area contributed by atoms with Gasteiger partial charge in [-0.3, -0.25) is 0 Å².